The molecule has 1 N–H and O–H groups in total. The molecule has 2 aromatic carbocycles. The van der Waals surface area contributed by atoms with Crippen molar-refractivity contribution in [2.75, 3.05) is 0 Å². The van der Waals surface area contributed by atoms with Crippen molar-refractivity contribution in [2.24, 2.45) is 0 Å². The molecule has 3 rings (SSSR count). The van der Waals surface area contributed by atoms with Gasteiger partial charge in [-0.3, -0.25) is 4.79 Å². The van der Waals surface area contributed by atoms with Crippen LogP contribution in [-0.2, 0) is 11.2 Å². The van der Waals surface area contributed by atoms with Gasteiger partial charge in [-0.05, 0) is 36.2 Å². The number of halogens is 1. The van der Waals surface area contributed by atoms with Crippen LogP contribution in [0.5, 0.6) is 0 Å². The van der Waals surface area contributed by atoms with Crippen molar-refractivity contribution in [3.63, 3.8) is 0 Å². The molecule has 24 heavy (non-hydrogen) atoms. The first kappa shape index (κ1) is 16.3. The van der Waals surface area contributed by atoms with E-state index in [0.29, 0.717) is 5.02 Å². The van der Waals surface area contributed by atoms with Gasteiger partial charge in [-0.1, -0.05) is 41.9 Å². The molecule has 122 valence electrons. The Hall–Kier alpha value is -2.59. The molecule has 0 radical (unpaired) electrons. The number of aromatic nitrogens is 2. The third-order valence-electron chi connectivity index (χ3n) is 3.88. The molecule has 0 saturated carbocycles. The molecule has 0 spiro atoms. The highest BCUT2D eigenvalue weighted by Crippen LogP contribution is 2.18. The lowest BCUT2D eigenvalue weighted by molar-refractivity contribution is -0.121. The van der Waals surface area contributed by atoms with Gasteiger partial charge in [0.1, 0.15) is 0 Å². The van der Waals surface area contributed by atoms with E-state index in [0.717, 1.165) is 16.8 Å². The summed E-state index contributed by atoms with van der Waals surface area (Å²) in [5.74, 6) is -0.0470. The zero-order valence-electron chi connectivity index (χ0n) is 13.3. The summed E-state index contributed by atoms with van der Waals surface area (Å²) in [6.45, 7) is 1.97. The SMILES string of the molecule is CC(NC(=O)Cc1ccccc1Cl)c1ccc(-n2ccnc2)cc1. The van der Waals surface area contributed by atoms with Gasteiger partial charge in [-0.15, -0.1) is 0 Å². The van der Waals surface area contributed by atoms with Crippen LogP contribution in [0.4, 0.5) is 0 Å². The average Bonchev–Trinajstić information content (AvgIpc) is 3.11. The normalized spacial score (nSPS) is 11.9. The number of hydrogen-bond acceptors (Lipinski definition) is 2. The van der Waals surface area contributed by atoms with Crippen molar-refractivity contribution in [3.05, 3.63) is 83.4 Å². The van der Waals surface area contributed by atoms with Gasteiger partial charge in [0.25, 0.3) is 0 Å². The van der Waals surface area contributed by atoms with Crippen LogP contribution in [0.25, 0.3) is 5.69 Å². The maximum atomic E-state index is 12.2. The molecule has 1 atom stereocenters. The number of benzene rings is 2. The quantitative estimate of drug-likeness (QED) is 0.765. The molecule has 0 saturated heterocycles. The van der Waals surface area contributed by atoms with Crippen molar-refractivity contribution in [2.45, 2.75) is 19.4 Å². The van der Waals surface area contributed by atoms with Crippen LogP contribution >= 0.6 is 11.6 Å². The first-order valence-corrected chi connectivity index (χ1v) is 8.12. The van der Waals surface area contributed by atoms with Gasteiger partial charge in [0, 0.05) is 23.1 Å². The summed E-state index contributed by atoms with van der Waals surface area (Å²) >= 11 is 6.10. The van der Waals surface area contributed by atoms with E-state index in [-0.39, 0.29) is 18.4 Å². The monoisotopic (exact) mass is 339 g/mol. The highest BCUT2D eigenvalue weighted by Gasteiger charge is 2.11. The van der Waals surface area contributed by atoms with E-state index < -0.39 is 0 Å². The van der Waals surface area contributed by atoms with E-state index >= 15 is 0 Å². The first-order chi connectivity index (χ1) is 11.6. The molecule has 1 heterocycles. The maximum Gasteiger partial charge on any atom is 0.224 e. The second-order valence-corrected chi connectivity index (χ2v) is 6.03. The number of carbonyl (C=O) groups excluding carboxylic acids is 1. The Labute approximate surface area is 146 Å². The fourth-order valence-electron chi connectivity index (χ4n) is 2.54. The second-order valence-electron chi connectivity index (χ2n) is 5.62. The molecular weight excluding hydrogens is 322 g/mol. The van der Waals surface area contributed by atoms with Crippen molar-refractivity contribution >= 4 is 17.5 Å². The largest absolute Gasteiger partial charge is 0.349 e. The maximum absolute atomic E-state index is 12.2. The first-order valence-electron chi connectivity index (χ1n) is 7.74. The molecule has 5 heteroatoms. The van der Waals surface area contributed by atoms with Crippen LogP contribution in [0.1, 0.15) is 24.1 Å². The van der Waals surface area contributed by atoms with Gasteiger partial charge in [0.05, 0.1) is 18.8 Å². The fourth-order valence-corrected chi connectivity index (χ4v) is 2.74. The van der Waals surface area contributed by atoms with Crippen molar-refractivity contribution in [1.82, 2.24) is 14.9 Å². The molecule has 3 aromatic rings. The van der Waals surface area contributed by atoms with Crippen LogP contribution in [0.2, 0.25) is 5.02 Å². The molecule has 0 aliphatic heterocycles. The van der Waals surface area contributed by atoms with Gasteiger partial charge in [0.2, 0.25) is 5.91 Å². The summed E-state index contributed by atoms with van der Waals surface area (Å²) < 4.78 is 1.93. The highest BCUT2D eigenvalue weighted by atomic mass is 35.5. The summed E-state index contributed by atoms with van der Waals surface area (Å²) in [6.07, 6.45) is 5.66. The minimum absolute atomic E-state index is 0.0470. The number of amides is 1. The lowest BCUT2D eigenvalue weighted by Crippen LogP contribution is -2.28. The van der Waals surface area contributed by atoms with Crippen LogP contribution in [-0.4, -0.2) is 15.5 Å². The Morgan fingerprint density at radius 1 is 1.21 bits per heavy atom. The van der Waals surface area contributed by atoms with Gasteiger partial charge in [-0.25, -0.2) is 4.98 Å². The van der Waals surface area contributed by atoms with Crippen molar-refractivity contribution in [3.8, 4) is 5.69 Å². The minimum Gasteiger partial charge on any atom is -0.349 e. The topological polar surface area (TPSA) is 46.9 Å². The summed E-state index contributed by atoms with van der Waals surface area (Å²) in [6, 6.07) is 15.4. The van der Waals surface area contributed by atoms with Crippen LogP contribution in [0.15, 0.2) is 67.3 Å². The molecular formula is C19H18ClN3O. The van der Waals surface area contributed by atoms with Crippen molar-refractivity contribution in [1.29, 1.82) is 0 Å². The lowest BCUT2D eigenvalue weighted by Gasteiger charge is -2.15. The van der Waals surface area contributed by atoms with Crippen LogP contribution < -0.4 is 5.32 Å². The Morgan fingerprint density at radius 3 is 2.62 bits per heavy atom. The summed E-state index contributed by atoms with van der Waals surface area (Å²) in [5, 5.41) is 3.63. The molecule has 1 amide bonds. The Balaban J connectivity index is 1.63. The van der Waals surface area contributed by atoms with Crippen molar-refractivity contribution < 1.29 is 4.79 Å². The predicted octanol–water partition coefficient (Wildman–Crippen LogP) is 3.95. The number of imidazole rings is 1. The molecule has 0 fully saturated rings. The summed E-state index contributed by atoms with van der Waals surface area (Å²) in [4.78, 5) is 16.3. The summed E-state index contributed by atoms with van der Waals surface area (Å²) in [7, 11) is 0. The third kappa shape index (κ3) is 3.84. The zero-order chi connectivity index (χ0) is 16.9. The van der Waals surface area contributed by atoms with E-state index in [9.17, 15) is 4.79 Å². The average molecular weight is 340 g/mol. The minimum atomic E-state index is -0.0724. The smallest absolute Gasteiger partial charge is 0.224 e. The number of nitrogens with zero attached hydrogens (tertiary/aromatic N) is 2. The van der Waals surface area contributed by atoms with Gasteiger partial charge in [-0.2, -0.15) is 0 Å². The Morgan fingerprint density at radius 2 is 1.96 bits per heavy atom. The molecule has 4 nitrogen and oxygen atoms in total. The number of hydrogen-bond donors (Lipinski definition) is 1. The zero-order valence-corrected chi connectivity index (χ0v) is 14.1. The van der Waals surface area contributed by atoms with E-state index in [2.05, 4.69) is 10.3 Å². The molecule has 1 aromatic heterocycles. The molecule has 0 aliphatic rings. The van der Waals surface area contributed by atoms with E-state index in [1.807, 2.05) is 60.2 Å². The Bertz CT molecular complexity index is 813. The second kappa shape index (κ2) is 7.32. The highest BCUT2D eigenvalue weighted by molar-refractivity contribution is 6.31. The summed E-state index contributed by atoms with van der Waals surface area (Å²) in [5.41, 5.74) is 2.91. The van der Waals surface area contributed by atoms with E-state index in [4.69, 9.17) is 11.6 Å². The van der Waals surface area contributed by atoms with E-state index in [1.54, 1.807) is 18.6 Å². The van der Waals surface area contributed by atoms with Crippen LogP contribution in [0, 0.1) is 0 Å². The van der Waals surface area contributed by atoms with Crippen LogP contribution in [0.3, 0.4) is 0 Å². The van der Waals surface area contributed by atoms with Gasteiger partial charge < -0.3 is 9.88 Å². The van der Waals surface area contributed by atoms with E-state index in [1.165, 1.54) is 0 Å². The fraction of sp³-hybridized carbons (Fsp3) is 0.158. The van der Waals surface area contributed by atoms with Gasteiger partial charge >= 0.3 is 0 Å². The number of nitrogens with one attached hydrogen (secondary N) is 1. The Kier molecular flexibility index (Phi) is 4.96. The predicted molar refractivity (Wildman–Crippen MR) is 95.3 cm³/mol. The standard InChI is InChI=1S/C19H18ClN3O/c1-14(22-19(24)12-16-4-2-3-5-18(16)20)15-6-8-17(9-7-15)23-11-10-21-13-23/h2-11,13-14H,12H2,1H3,(H,22,24). The molecule has 1 unspecified atom stereocenters. The van der Waals surface area contributed by atoms with Gasteiger partial charge in [0.15, 0.2) is 0 Å². The molecule has 0 bridgehead atoms. The molecule has 0 aliphatic carbocycles. The lowest BCUT2D eigenvalue weighted by atomic mass is 10.1. The third-order valence-corrected chi connectivity index (χ3v) is 4.25. The number of carbonyl (C=O) groups is 1. The number of rotatable bonds is 5.